The van der Waals surface area contributed by atoms with Gasteiger partial charge in [0.15, 0.2) is 5.96 Å². The molecule has 2 aliphatic rings. The van der Waals surface area contributed by atoms with Gasteiger partial charge in [0.1, 0.15) is 5.75 Å². The number of benzene rings is 1. The highest BCUT2D eigenvalue weighted by molar-refractivity contribution is 6.30. The summed E-state index contributed by atoms with van der Waals surface area (Å²) in [5, 5.41) is 7.67. The molecule has 29 heavy (non-hydrogen) atoms. The lowest BCUT2D eigenvalue weighted by molar-refractivity contribution is -0.0828. The Balaban J connectivity index is 1.63. The second-order valence-electron chi connectivity index (χ2n) is 7.59. The molecule has 2 saturated heterocycles. The average Bonchev–Trinajstić information content (AvgIpc) is 3.21. The number of rotatable bonds is 7. The van der Waals surface area contributed by atoms with Gasteiger partial charge >= 0.3 is 0 Å². The summed E-state index contributed by atoms with van der Waals surface area (Å²) in [7, 11) is 3.46. The Kier molecular flexibility index (Phi) is 7.86. The summed E-state index contributed by atoms with van der Waals surface area (Å²) in [6.45, 7) is 6.78. The van der Waals surface area contributed by atoms with Crippen molar-refractivity contribution in [2.24, 2.45) is 4.99 Å². The number of nitrogens with zero attached hydrogens (tertiary/aromatic N) is 2. The summed E-state index contributed by atoms with van der Waals surface area (Å²) in [6, 6.07) is 6.04. The Bertz CT molecular complexity index is 695. The van der Waals surface area contributed by atoms with Gasteiger partial charge in [0.25, 0.3) is 0 Å². The van der Waals surface area contributed by atoms with Gasteiger partial charge in [-0.25, -0.2) is 0 Å². The third kappa shape index (κ3) is 5.68. The van der Waals surface area contributed by atoms with Gasteiger partial charge in [-0.3, -0.25) is 4.99 Å². The number of anilines is 1. The van der Waals surface area contributed by atoms with Crippen LogP contribution in [0.4, 0.5) is 5.69 Å². The lowest BCUT2D eigenvalue weighted by atomic mass is 9.94. The van der Waals surface area contributed by atoms with Gasteiger partial charge in [-0.2, -0.15) is 0 Å². The van der Waals surface area contributed by atoms with E-state index in [9.17, 15) is 0 Å². The molecule has 1 aromatic rings. The van der Waals surface area contributed by atoms with Crippen molar-refractivity contribution in [3.05, 3.63) is 23.2 Å². The van der Waals surface area contributed by atoms with Gasteiger partial charge in [0.05, 0.1) is 24.9 Å². The number of nitrogens with one attached hydrogen (secondary N) is 2. The van der Waals surface area contributed by atoms with Crippen LogP contribution in [0.15, 0.2) is 23.2 Å². The summed E-state index contributed by atoms with van der Waals surface area (Å²) in [6.07, 6.45) is 2.76. The molecule has 162 valence electrons. The molecule has 7 nitrogen and oxygen atoms in total. The number of halogens is 1. The van der Waals surface area contributed by atoms with Crippen LogP contribution in [0.3, 0.4) is 0 Å². The van der Waals surface area contributed by atoms with E-state index in [0.29, 0.717) is 17.6 Å². The highest BCUT2D eigenvalue weighted by Gasteiger charge is 2.33. The van der Waals surface area contributed by atoms with E-state index in [1.165, 1.54) is 0 Å². The third-order valence-electron chi connectivity index (χ3n) is 5.72. The van der Waals surface area contributed by atoms with Crippen LogP contribution >= 0.6 is 11.6 Å². The van der Waals surface area contributed by atoms with Crippen LogP contribution in [-0.4, -0.2) is 71.2 Å². The van der Waals surface area contributed by atoms with Crippen LogP contribution in [0.1, 0.15) is 26.2 Å². The van der Waals surface area contributed by atoms with Crippen molar-refractivity contribution in [2.45, 2.75) is 37.8 Å². The molecule has 8 heteroatoms. The monoisotopic (exact) mass is 424 g/mol. The maximum absolute atomic E-state index is 6.21. The fourth-order valence-corrected chi connectivity index (χ4v) is 4.08. The zero-order valence-electron chi connectivity index (χ0n) is 17.7. The second kappa shape index (κ2) is 10.4. The van der Waals surface area contributed by atoms with E-state index in [4.69, 9.17) is 30.8 Å². The summed E-state index contributed by atoms with van der Waals surface area (Å²) in [4.78, 5) is 7.15. The first kappa shape index (κ1) is 22.0. The summed E-state index contributed by atoms with van der Waals surface area (Å²) >= 11 is 6.21. The first-order valence-corrected chi connectivity index (χ1v) is 10.7. The zero-order chi connectivity index (χ0) is 20.7. The quantitative estimate of drug-likeness (QED) is 0.518. The Labute approximate surface area is 178 Å². The molecule has 1 aromatic carbocycles. The Morgan fingerprint density at radius 1 is 1.34 bits per heavy atom. The van der Waals surface area contributed by atoms with Gasteiger partial charge in [-0.15, -0.1) is 0 Å². The third-order valence-corrected chi connectivity index (χ3v) is 5.95. The zero-order valence-corrected chi connectivity index (χ0v) is 18.4. The Morgan fingerprint density at radius 3 is 2.83 bits per heavy atom. The van der Waals surface area contributed by atoms with E-state index in [0.717, 1.165) is 69.5 Å². The minimum atomic E-state index is -0.226. The number of hydrogen-bond donors (Lipinski definition) is 2. The Hall–Kier alpha value is -1.70. The standard InChI is InChI=1S/C21H33ClN4O3/c1-4-23-20(24-15-21(28-3)8-11-29-12-9-21)25-17-7-10-26(14-17)18-13-16(22)5-6-19(18)27-2/h5-6,13,17H,4,7-12,14-15H2,1-3H3,(H2,23,24,25). The molecule has 0 spiro atoms. The minimum Gasteiger partial charge on any atom is -0.495 e. The fraction of sp³-hybridized carbons (Fsp3) is 0.667. The average molecular weight is 425 g/mol. The van der Waals surface area contributed by atoms with E-state index in [1.54, 1.807) is 14.2 Å². The van der Waals surface area contributed by atoms with E-state index < -0.39 is 0 Å². The molecule has 0 saturated carbocycles. The molecule has 2 N–H and O–H groups in total. The van der Waals surface area contributed by atoms with Crippen molar-refractivity contribution in [1.29, 1.82) is 0 Å². The lowest BCUT2D eigenvalue weighted by Gasteiger charge is -2.34. The van der Waals surface area contributed by atoms with Gasteiger partial charge < -0.3 is 29.7 Å². The normalized spacial score (nSPS) is 21.9. The maximum atomic E-state index is 6.21. The van der Waals surface area contributed by atoms with Crippen LogP contribution in [0, 0.1) is 0 Å². The molecular formula is C21H33ClN4O3. The molecular weight excluding hydrogens is 392 g/mol. The summed E-state index contributed by atoms with van der Waals surface area (Å²) < 4.78 is 16.8. The van der Waals surface area contributed by atoms with Crippen molar-refractivity contribution < 1.29 is 14.2 Å². The van der Waals surface area contributed by atoms with Crippen LogP contribution in [0.2, 0.25) is 5.02 Å². The van der Waals surface area contributed by atoms with E-state index >= 15 is 0 Å². The molecule has 0 aromatic heterocycles. The van der Waals surface area contributed by atoms with E-state index in [1.807, 2.05) is 18.2 Å². The topological polar surface area (TPSA) is 67.4 Å². The Morgan fingerprint density at radius 2 is 2.14 bits per heavy atom. The molecule has 2 fully saturated rings. The van der Waals surface area contributed by atoms with Crippen molar-refractivity contribution in [1.82, 2.24) is 10.6 Å². The second-order valence-corrected chi connectivity index (χ2v) is 8.02. The highest BCUT2D eigenvalue weighted by atomic mass is 35.5. The predicted molar refractivity (Wildman–Crippen MR) is 118 cm³/mol. The molecule has 1 atom stereocenters. The summed E-state index contributed by atoms with van der Waals surface area (Å²) in [5.41, 5.74) is 0.808. The van der Waals surface area contributed by atoms with Crippen molar-refractivity contribution in [3.63, 3.8) is 0 Å². The molecule has 0 radical (unpaired) electrons. The number of methoxy groups -OCH3 is 2. The van der Waals surface area contributed by atoms with E-state index in [2.05, 4.69) is 22.5 Å². The van der Waals surface area contributed by atoms with Gasteiger partial charge in [-0.1, -0.05) is 11.6 Å². The SMILES string of the molecule is CCNC(=NCC1(OC)CCOCC1)NC1CCN(c2cc(Cl)ccc2OC)C1. The van der Waals surface area contributed by atoms with Gasteiger partial charge in [0.2, 0.25) is 0 Å². The largest absolute Gasteiger partial charge is 0.495 e. The van der Waals surface area contributed by atoms with Crippen LogP contribution in [-0.2, 0) is 9.47 Å². The first-order valence-electron chi connectivity index (χ1n) is 10.4. The van der Waals surface area contributed by atoms with Crippen LogP contribution in [0.25, 0.3) is 0 Å². The van der Waals surface area contributed by atoms with E-state index in [-0.39, 0.29) is 5.60 Å². The van der Waals surface area contributed by atoms with Gasteiger partial charge in [-0.05, 0) is 31.5 Å². The number of hydrogen-bond acceptors (Lipinski definition) is 5. The number of guanidine groups is 1. The molecule has 0 amide bonds. The highest BCUT2D eigenvalue weighted by Crippen LogP contribution is 2.33. The molecule has 2 aliphatic heterocycles. The van der Waals surface area contributed by atoms with Crippen molar-refractivity contribution >= 4 is 23.2 Å². The van der Waals surface area contributed by atoms with Crippen LogP contribution < -0.4 is 20.3 Å². The predicted octanol–water partition coefficient (Wildman–Crippen LogP) is 2.68. The smallest absolute Gasteiger partial charge is 0.191 e. The molecule has 0 aliphatic carbocycles. The summed E-state index contributed by atoms with van der Waals surface area (Å²) in [5.74, 6) is 1.68. The van der Waals surface area contributed by atoms with Gasteiger partial charge in [0, 0.05) is 63.9 Å². The lowest BCUT2D eigenvalue weighted by Crippen LogP contribution is -2.47. The number of aliphatic imine (C=N–C) groups is 1. The molecule has 2 heterocycles. The first-order chi connectivity index (χ1) is 14.1. The molecule has 0 bridgehead atoms. The molecule has 3 rings (SSSR count). The fourth-order valence-electron chi connectivity index (χ4n) is 3.91. The van der Waals surface area contributed by atoms with Crippen LogP contribution in [0.5, 0.6) is 5.75 Å². The molecule has 1 unspecified atom stereocenters. The minimum absolute atomic E-state index is 0.226. The van der Waals surface area contributed by atoms with Crippen molar-refractivity contribution in [2.75, 3.05) is 58.5 Å². The number of ether oxygens (including phenoxy) is 3. The maximum Gasteiger partial charge on any atom is 0.191 e. The van der Waals surface area contributed by atoms with Crippen molar-refractivity contribution in [3.8, 4) is 5.75 Å².